The van der Waals surface area contributed by atoms with Crippen LogP contribution < -0.4 is 5.32 Å². The molecule has 0 heterocycles. The molecule has 1 saturated carbocycles. The van der Waals surface area contributed by atoms with Crippen molar-refractivity contribution in [1.82, 2.24) is 0 Å². The fourth-order valence-corrected chi connectivity index (χ4v) is 3.26. The van der Waals surface area contributed by atoms with Gasteiger partial charge in [0.25, 0.3) is 0 Å². The van der Waals surface area contributed by atoms with Crippen LogP contribution in [-0.2, 0) is 0 Å². The van der Waals surface area contributed by atoms with Gasteiger partial charge >= 0.3 is 0 Å². The van der Waals surface area contributed by atoms with Crippen LogP contribution in [0.5, 0.6) is 0 Å². The first kappa shape index (κ1) is 14.2. The average molecular weight is 333 g/mol. The van der Waals surface area contributed by atoms with Gasteiger partial charge in [0, 0.05) is 10.2 Å². The lowest BCUT2D eigenvalue weighted by Crippen LogP contribution is -2.39. The Morgan fingerprint density at radius 3 is 2.89 bits per heavy atom. The van der Waals surface area contributed by atoms with E-state index in [1.54, 1.807) is 0 Å². The van der Waals surface area contributed by atoms with Crippen molar-refractivity contribution in [3.05, 3.63) is 27.7 Å². The van der Waals surface area contributed by atoms with Gasteiger partial charge in [0.15, 0.2) is 0 Å². The quantitative estimate of drug-likeness (QED) is 0.853. The second kappa shape index (κ2) is 5.81. The van der Waals surface area contributed by atoms with Gasteiger partial charge in [0.2, 0.25) is 0 Å². The third-order valence-corrected chi connectivity index (χ3v) is 5.13. The van der Waals surface area contributed by atoms with Gasteiger partial charge in [-0.05, 0) is 59.3 Å². The van der Waals surface area contributed by atoms with Gasteiger partial charge in [0.1, 0.15) is 0 Å². The fraction of sp³-hybridized carbons (Fsp3) is 0.571. The molecule has 18 heavy (non-hydrogen) atoms. The molecule has 100 valence electrons. The van der Waals surface area contributed by atoms with Gasteiger partial charge in [-0.3, -0.25) is 0 Å². The zero-order valence-electron chi connectivity index (χ0n) is 10.5. The average Bonchev–Trinajstić information content (AvgIpc) is 2.78. The minimum absolute atomic E-state index is 0.159. The summed E-state index contributed by atoms with van der Waals surface area (Å²) in [4.78, 5) is 0. The highest BCUT2D eigenvalue weighted by atomic mass is 79.9. The van der Waals surface area contributed by atoms with E-state index < -0.39 is 0 Å². The highest BCUT2D eigenvalue weighted by Crippen LogP contribution is 2.39. The molecule has 1 aromatic carbocycles. The van der Waals surface area contributed by atoms with Crippen LogP contribution in [0.25, 0.3) is 0 Å². The minimum atomic E-state index is -0.159. The molecule has 0 aromatic heterocycles. The number of benzene rings is 1. The Hall–Kier alpha value is -0.250. The topological polar surface area (TPSA) is 32.3 Å². The molecule has 4 heteroatoms. The third kappa shape index (κ3) is 3.01. The summed E-state index contributed by atoms with van der Waals surface area (Å²) in [7, 11) is 0. The molecule has 1 aliphatic rings. The smallest absolute Gasteiger partial charge is 0.0661 e. The van der Waals surface area contributed by atoms with Gasteiger partial charge in [-0.1, -0.05) is 24.9 Å². The number of aliphatic hydroxyl groups is 1. The van der Waals surface area contributed by atoms with Crippen molar-refractivity contribution in [2.75, 3.05) is 11.9 Å². The molecule has 2 atom stereocenters. The predicted molar refractivity (Wildman–Crippen MR) is 80.2 cm³/mol. The zero-order chi connectivity index (χ0) is 13.2. The summed E-state index contributed by atoms with van der Waals surface area (Å²) in [5.74, 6) is 0.723. The van der Waals surface area contributed by atoms with E-state index in [0.29, 0.717) is 5.02 Å². The van der Waals surface area contributed by atoms with Gasteiger partial charge in [0.05, 0.1) is 17.2 Å². The second-order valence-corrected chi connectivity index (χ2v) is 6.47. The number of hydrogen-bond donors (Lipinski definition) is 2. The normalized spacial score (nSPS) is 27.4. The van der Waals surface area contributed by atoms with Crippen LogP contribution in [0.1, 0.15) is 32.6 Å². The van der Waals surface area contributed by atoms with Crippen molar-refractivity contribution < 1.29 is 5.11 Å². The van der Waals surface area contributed by atoms with Crippen LogP contribution in [0.3, 0.4) is 0 Å². The van der Waals surface area contributed by atoms with Crippen LogP contribution in [0.15, 0.2) is 22.7 Å². The van der Waals surface area contributed by atoms with Crippen molar-refractivity contribution in [2.45, 2.75) is 38.1 Å². The molecule has 1 aromatic rings. The first-order chi connectivity index (χ1) is 8.58. The van der Waals surface area contributed by atoms with E-state index in [1.165, 1.54) is 12.8 Å². The first-order valence-electron chi connectivity index (χ1n) is 6.42. The molecule has 1 fully saturated rings. The van der Waals surface area contributed by atoms with Gasteiger partial charge in [-0.25, -0.2) is 0 Å². The summed E-state index contributed by atoms with van der Waals surface area (Å²) in [5.41, 5.74) is 0.852. The van der Waals surface area contributed by atoms with Crippen molar-refractivity contribution in [3.63, 3.8) is 0 Å². The van der Waals surface area contributed by atoms with Crippen LogP contribution in [0.4, 0.5) is 5.69 Å². The second-order valence-electron chi connectivity index (χ2n) is 5.21. The van der Waals surface area contributed by atoms with E-state index in [-0.39, 0.29) is 12.1 Å². The Bertz CT molecular complexity index is 426. The number of anilines is 1. The Morgan fingerprint density at radius 2 is 2.33 bits per heavy atom. The minimum Gasteiger partial charge on any atom is -0.394 e. The maximum absolute atomic E-state index is 9.71. The Kier molecular flexibility index (Phi) is 4.57. The molecular formula is C14H19BrClNO. The van der Waals surface area contributed by atoms with Gasteiger partial charge in [-0.2, -0.15) is 0 Å². The zero-order valence-corrected chi connectivity index (χ0v) is 12.9. The molecule has 0 spiro atoms. The SMILES string of the molecule is CCC1CCC(CO)(Nc2ccc(Cl)c(Br)c2)C1. The molecule has 0 aliphatic heterocycles. The van der Waals surface area contributed by atoms with E-state index in [0.717, 1.165) is 28.9 Å². The fourth-order valence-electron chi connectivity index (χ4n) is 2.76. The molecular weight excluding hydrogens is 314 g/mol. The predicted octanol–water partition coefficient (Wildman–Crippen LogP) is 4.46. The number of aliphatic hydroxyl groups excluding tert-OH is 1. The van der Waals surface area contributed by atoms with E-state index in [1.807, 2.05) is 18.2 Å². The maximum Gasteiger partial charge on any atom is 0.0661 e. The molecule has 0 bridgehead atoms. The van der Waals surface area contributed by atoms with Gasteiger partial charge < -0.3 is 10.4 Å². The van der Waals surface area contributed by atoms with E-state index in [9.17, 15) is 5.11 Å². The first-order valence-corrected chi connectivity index (χ1v) is 7.60. The van der Waals surface area contributed by atoms with E-state index >= 15 is 0 Å². The third-order valence-electron chi connectivity index (χ3n) is 3.92. The monoisotopic (exact) mass is 331 g/mol. The Balaban J connectivity index is 2.13. The van der Waals surface area contributed by atoms with Crippen molar-refractivity contribution in [2.24, 2.45) is 5.92 Å². The van der Waals surface area contributed by atoms with Gasteiger partial charge in [-0.15, -0.1) is 0 Å². The van der Waals surface area contributed by atoms with Crippen molar-refractivity contribution in [1.29, 1.82) is 0 Å². The van der Waals surface area contributed by atoms with Crippen LogP contribution in [-0.4, -0.2) is 17.3 Å². The summed E-state index contributed by atoms with van der Waals surface area (Å²) >= 11 is 9.41. The molecule has 1 aliphatic carbocycles. The highest BCUT2D eigenvalue weighted by Gasteiger charge is 2.37. The van der Waals surface area contributed by atoms with Crippen molar-refractivity contribution in [3.8, 4) is 0 Å². The van der Waals surface area contributed by atoms with Crippen LogP contribution in [0, 0.1) is 5.92 Å². The molecule has 2 N–H and O–H groups in total. The lowest BCUT2D eigenvalue weighted by atomic mass is 9.95. The lowest BCUT2D eigenvalue weighted by molar-refractivity contribution is 0.210. The molecule has 0 radical (unpaired) electrons. The molecule has 2 unspecified atom stereocenters. The summed E-state index contributed by atoms with van der Waals surface area (Å²) in [6.45, 7) is 2.40. The van der Waals surface area contributed by atoms with Crippen LogP contribution >= 0.6 is 27.5 Å². The Morgan fingerprint density at radius 1 is 1.56 bits per heavy atom. The lowest BCUT2D eigenvalue weighted by Gasteiger charge is -2.30. The Labute approximate surface area is 122 Å². The maximum atomic E-state index is 9.71. The highest BCUT2D eigenvalue weighted by molar-refractivity contribution is 9.10. The number of halogens is 2. The summed E-state index contributed by atoms with van der Waals surface area (Å²) in [6, 6.07) is 5.80. The number of hydrogen-bond acceptors (Lipinski definition) is 2. The summed E-state index contributed by atoms with van der Waals surface area (Å²) in [5, 5.41) is 13.9. The summed E-state index contributed by atoms with van der Waals surface area (Å²) < 4.78 is 0.882. The van der Waals surface area contributed by atoms with E-state index in [4.69, 9.17) is 11.6 Å². The molecule has 2 rings (SSSR count). The van der Waals surface area contributed by atoms with Crippen molar-refractivity contribution >= 4 is 33.2 Å². The molecule has 2 nitrogen and oxygen atoms in total. The molecule has 0 amide bonds. The van der Waals surface area contributed by atoms with E-state index in [2.05, 4.69) is 28.2 Å². The largest absolute Gasteiger partial charge is 0.394 e. The van der Waals surface area contributed by atoms with Crippen LogP contribution in [0.2, 0.25) is 5.02 Å². The number of nitrogens with one attached hydrogen (secondary N) is 1. The number of rotatable bonds is 4. The summed E-state index contributed by atoms with van der Waals surface area (Å²) in [6.07, 6.45) is 4.45. The standard InChI is InChI=1S/C14H19BrClNO/c1-2-10-5-6-14(8-10,9-18)17-11-3-4-13(16)12(15)7-11/h3-4,7,10,17-18H,2,5-6,8-9H2,1H3. The molecule has 0 saturated heterocycles.